The van der Waals surface area contributed by atoms with Crippen molar-refractivity contribution in [3.05, 3.63) is 23.8 Å². The van der Waals surface area contributed by atoms with E-state index in [4.69, 9.17) is 5.73 Å². The van der Waals surface area contributed by atoms with Gasteiger partial charge in [0.15, 0.2) is 5.78 Å². The SMILES string of the molecule is CC(=O)c1ccc(NCC2CCC(O)CC2)cc1N. The van der Waals surface area contributed by atoms with Gasteiger partial charge in [0.1, 0.15) is 0 Å². The zero-order valence-corrected chi connectivity index (χ0v) is 11.4. The number of nitrogen functional groups attached to an aromatic ring is 1. The smallest absolute Gasteiger partial charge is 0.161 e. The second kappa shape index (κ2) is 6.06. The van der Waals surface area contributed by atoms with Crippen LogP contribution in [0.3, 0.4) is 0 Å². The standard InChI is InChI=1S/C15H22N2O2/c1-10(18)14-7-4-12(8-15(14)16)17-9-11-2-5-13(19)6-3-11/h4,7-8,11,13,17,19H,2-3,5-6,9,16H2,1H3. The summed E-state index contributed by atoms with van der Waals surface area (Å²) in [5.74, 6) is 0.599. The molecule has 0 saturated heterocycles. The molecule has 0 amide bonds. The van der Waals surface area contributed by atoms with Gasteiger partial charge in [-0.3, -0.25) is 4.79 Å². The molecule has 1 aliphatic rings. The highest BCUT2D eigenvalue weighted by Gasteiger charge is 2.19. The summed E-state index contributed by atoms with van der Waals surface area (Å²) in [6.07, 6.45) is 3.82. The number of aliphatic hydroxyl groups excluding tert-OH is 1. The van der Waals surface area contributed by atoms with Crippen LogP contribution in [0.2, 0.25) is 0 Å². The Hall–Kier alpha value is -1.55. The first-order chi connectivity index (χ1) is 9.06. The molecular formula is C15H22N2O2. The largest absolute Gasteiger partial charge is 0.398 e. The van der Waals surface area contributed by atoms with Crippen LogP contribution in [-0.4, -0.2) is 23.5 Å². The molecule has 0 aliphatic heterocycles. The third-order valence-corrected chi connectivity index (χ3v) is 3.84. The van der Waals surface area contributed by atoms with Crippen LogP contribution in [0.15, 0.2) is 18.2 Å². The number of nitrogens with one attached hydrogen (secondary N) is 1. The zero-order chi connectivity index (χ0) is 13.8. The quantitative estimate of drug-likeness (QED) is 0.575. The van der Waals surface area contributed by atoms with E-state index >= 15 is 0 Å². The van der Waals surface area contributed by atoms with Crippen molar-refractivity contribution in [1.29, 1.82) is 0 Å². The monoisotopic (exact) mass is 262 g/mol. The van der Waals surface area contributed by atoms with Crippen LogP contribution in [0.5, 0.6) is 0 Å². The molecule has 1 aromatic rings. The molecular weight excluding hydrogens is 240 g/mol. The summed E-state index contributed by atoms with van der Waals surface area (Å²) in [4.78, 5) is 11.3. The van der Waals surface area contributed by atoms with Crippen LogP contribution in [0.4, 0.5) is 11.4 Å². The highest BCUT2D eigenvalue weighted by molar-refractivity contribution is 5.99. The first-order valence-electron chi connectivity index (χ1n) is 6.88. The molecule has 1 aromatic carbocycles. The average Bonchev–Trinajstić information content (AvgIpc) is 2.37. The number of hydrogen-bond acceptors (Lipinski definition) is 4. The van der Waals surface area contributed by atoms with Crippen LogP contribution < -0.4 is 11.1 Å². The maximum atomic E-state index is 11.3. The van der Waals surface area contributed by atoms with Crippen LogP contribution >= 0.6 is 0 Å². The zero-order valence-electron chi connectivity index (χ0n) is 11.4. The number of carbonyl (C=O) groups excluding carboxylic acids is 1. The maximum Gasteiger partial charge on any atom is 0.161 e. The summed E-state index contributed by atoms with van der Waals surface area (Å²) in [7, 11) is 0. The molecule has 1 fully saturated rings. The van der Waals surface area contributed by atoms with Gasteiger partial charge in [-0.1, -0.05) is 0 Å². The van der Waals surface area contributed by atoms with Gasteiger partial charge in [-0.2, -0.15) is 0 Å². The Labute approximate surface area is 114 Å². The minimum Gasteiger partial charge on any atom is -0.398 e. The minimum absolute atomic E-state index is 0.00896. The van der Waals surface area contributed by atoms with E-state index in [-0.39, 0.29) is 11.9 Å². The van der Waals surface area contributed by atoms with Gasteiger partial charge in [-0.05, 0) is 56.7 Å². The Kier molecular flexibility index (Phi) is 4.43. The van der Waals surface area contributed by atoms with Crippen molar-refractivity contribution in [2.75, 3.05) is 17.6 Å². The van der Waals surface area contributed by atoms with Crippen molar-refractivity contribution in [2.24, 2.45) is 5.92 Å². The van der Waals surface area contributed by atoms with Gasteiger partial charge in [0.2, 0.25) is 0 Å². The van der Waals surface area contributed by atoms with Crippen molar-refractivity contribution in [3.63, 3.8) is 0 Å². The van der Waals surface area contributed by atoms with Crippen LogP contribution in [0.1, 0.15) is 43.0 Å². The molecule has 0 aromatic heterocycles. The average molecular weight is 262 g/mol. The summed E-state index contributed by atoms with van der Waals surface area (Å²) >= 11 is 0. The van der Waals surface area contributed by atoms with E-state index in [0.717, 1.165) is 37.9 Å². The fraction of sp³-hybridized carbons (Fsp3) is 0.533. The van der Waals surface area contributed by atoms with Gasteiger partial charge in [0.25, 0.3) is 0 Å². The molecule has 19 heavy (non-hydrogen) atoms. The lowest BCUT2D eigenvalue weighted by Crippen LogP contribution is -2.23. The van der Waals surface area contributed by atoms with E-state index in [1.54, 1.807) is 6.07 Å². The molecule has 0 bridgehead atoms. The molecule has 4 nitrogen and oxygen atoms in total. The number of Topliss-reactive ketones (excluding diaryl/α,β-unsaturated/α-hetero) is 1. The third kappa shape index (κ3) is 3.70. The lowest BCUT2D eigenvalue weighted by atomic mass is 9.87. The minimum atomic E-state index is -0.109. The summed E-state index contributed by atoms with van der Waals surface area (Å²) in [5.41, 5.74) is 7.91. The second-order valence-corrected chi connectivity index (χ2v) is 5.41. The molecule has 1 saturated carbocycles. The second-order valence-electron chi connectivity index (χ2n) is 5.41. The Morgan fingerprint density at radius 3 is 2.63 bits per heavy atom. The van der Waals surface area contributed by atoms with E-state index in [2.05, 4.69) is 5.32 Å². The third-order valence-electron chi connectivity index (χ3n) is 3.84. The molecule has 0 radical (unpaired) electrons. The Balaban J connectivity index is 1.89. The predicted octanol–water partition coefficient (Wildman–Crippen LogP) is 2.43. The lowest BCUT2D eigenvalue weighted by Gasteiger charge is -2.25. The number of benzene rings is 1. The summed E-state index contributed by atoms with van der Waals surface area (Å²) in [5, 5.41) is 12.8. The molecule has 4 N–H and O–H groups in total. The van der Waals surface area contributed by atoms with Crippen molar-refractivity contribution in [3.8, 4) is 0 Å². The molecule has 4 heteroatoms. The molecule has 1 aliphatic carbocycles. The highest BCUT2D eigenvalue weighted by atomic mass is 16.3. The lowest BCUT2D eigenvalue weighted by molar-refractivity contribution is 0.101. The number of rotatable bonds is 4. The number of aliphatic hydroxyl groups is 1. The van der Waals surface area contributed by atoms with E-state index in [0.29, 0.717) is 17.2 Å². The first-order valence-corrected chi connectivity index (χ1v) is 6.88. The Bertz CT molecular complexity index is 451. The van der Waals surface area contributed by atoms with Gasteiger partial charge in [-0.25, -0.2) is 0 Å². The van der Waals surface area contributed by atoms with E-state index in [9.17, 15) is 9.90 Å². The van der Waals surface area contributed by atoms with Gasteiger partial charge >= 0.3 is 0 Å². The molecule has 0 spiro atoms. The number of carbonyl (C=O) groups is 1. The molecule has 0 unspecified atom stereocenters. The number of anilines is 2. The molecule has 0 atom stereocenters. The topological polar surface area (TPSA) is 75.3 Å². The van der Waals surface area contributed by atoms with Gasteiger partial charge in [0.05, 0.1) is 6.10 Å². The number of ketones is 1. The molecule has 2 rings (SSSR count). The predicted molar refractivity (Wildman–Crippen MR) is 77.3 cm³/mol. The summed E-state index contributed by atoms with van der Waals surface area (Å²) in [6, 6.07) is 5.48. The van der Waals surface area contributed by atoms with E-state index in [1.165, 1.54) is 6.92 Å². The number of nitrogens with two attached hydrogens (primary N) is 1. The fourth-order valence-corrected chi connectivity index (χ4v) is 2.60. The molecule has 104 valence electrons. The molecule has 0 heterocycles. The van der Waals surface area contributed by atoms with Gasteiger partial charge < -0.3 is 16.2 Å². The summed E-state index contributed by atoms with van der Waals surface area (Å²) < 4.78 is 0. The number of hydrogen-bond donors (Lipinski definition) is 3. The van der Waals surface area contributed by atoms with Crippen LogP contribution in [0.25, 0.3) is 0 Å². The van der Waals surface area contributed by atoms with Crippen molar-refractivity contribution < 1.29 is 9.90 Å². The Morgan fingerprint density at radius 1 is 1.37 bits per heavy atom. The van der Waals surface area contributed by atoms with E-state index < -0.39 is 0 Å². The van der Waals surface area contributed by atoms with Crippen molar-refractivity contribution in [2.45, 2.75) is 38.7 Å². The highest BCUT2D eigenvalue weighted by Crippen LogP contribution is 2.25. The van der Waals surface area contributed by atoms with E-state index in [1.807, 2.05) is 12.1 Å². The van der Waals surface area contributed by atoms with Crippen molar-refractivity contribution in [1.82, 2.24) is 0 Å². The fourth-order valence-electron chi connectivity index (χ4n) is 2.60. The first kappa shape index (κ1) is 13.9. The van der Waals surface area contributed by atoms with Gasteiger partial charge in [-0.15, -0.1) is 0 Å². The van der Waals surface area contributed by atoms with Crippen LogP contribution in [0, 0.1) is 5.92 Å². The Morgan fingerprint density at radius 2 is 2.05 bits per heavy atom. The summed E-state index contributed by atoms with van der Waals surface area (Å²) in [6.45, 7) is 2.41. The van der Waals surface area contributed by atoms with Crippen LogP contribution in [-0.2, 0) is 0 Å². The maximum absolute atomic E-state index is 11.3. The van der Waals surface area contributed by atoms with Gasteiger partial charge in [0, 0.05) is 23.5 Å². The van der Waals surface area contributed by atoms with Crippen molar-refractivity contribution >= 4 is 17.2 Å². The normalized spacial score (nSPS) is 23.1.